The Morgan fingerprint density at radius 3 is 2.17 bits per heavy atom. The number of nitrogens with zero attached hydrogens (tertiary/aromatic N) is 1. The Hall–Kier alpha value is -1.93. The highest BCUT2D eigenvalue weighted by Gasteiger charge is 2.27. The Morgan fingerprint density at radius 2 is 1.65 bits per heavy atom. The first-order valence-corrected chi connectivity index (χ1v) is 8.34. The smallest absolute Gasteiger partial charge is 0.258 e. The number of carbonyl (C=O) groups excluding carboxylic acids is 1. The van der Waals surface area contributed by atoms with Crippen LogP contribution in [0.2, 0.25) is 5.02 Å². The van der Waals surface area contributed by atoms with Gasteiger partial charge in [0.2, 0.25) is 0 Å². The van der Waals surface area contributed by atoms with E-state index in [4.69, 9.17) is 11.6 Å². The molecule has 0 aromatic heterocycles. The van der Waals surface area contributed by atoms with Crippen molar-refractivity contribution in [3.8, 4) is 0 Å². The van der Waals surface area contributed by atoms with Crippen molar-refractivity contribution in [1.29, 1.82) is 0 Å². The van der Waals surface area contributed by atoms with E-state index < -0.39 is 14.2 Å². The Balaban J connectivity index is 2.23. The van der Waals surface area contributed by atoms with Crippen molar-refractivity contribution in [1.82, 2.24) is 3.89 Å². The highest BCUT2D eigenvalue weighted by atomic mass is 35.5. The number of para-hydroxylation sites is 1. The fourth-order valence-electron chi connectivity index (χ4n) is 1.86. The average molecular weight is 355 g/mol. The summed E-state index contributed by atoms with van der Waals surface area (Å²) in [5.74, 6) is -0.389. The molecule has 0 saturated carbocycles. The van der Waals surface area contributed by atoms with Crippen LogP contribution in [0.1, 0.15) is 10.4 Å². The van der Waals surface area contributed by atoms with E-state index in [2.05, 4.69) is 5.32 Å². The molecule has 1 N–H and O–H groups in total. The Kier molecular flexibility index (Phi) is 4.76. The van der Waals surface area contributed by atoms with Gasteiger partial charge in [-0.25, -0.2) is 3.89 Å². The predicted octanol–water partition coefficient (Wildman–Crippen LogP) is 2.62. The summed E-state index contributed by atoms with van der Waals surface area (Å²) in [5, 5.41) is 3.07. The minimum atomic E-state index is -4.57. The first-order valence-electron chi connectivity index (χ1n) is 6.59. The number of halogens is 1. The topological polar surface area (TPSA) is 86.3 Å². The number of benzene rings is 2. The van der Waals surface area contributed by atoms with Crippen molar-refractivity contribution < 1.29 is 17.8 Å². The third-order valence-electron chi connectivity index (χ3n) is 3.43. The van der Waals surface area contributed by atoms with Gasteiger partial charge in [0.05, 0.1) is 24.8 Å². The summed E-state index contributed by atoms with van der Waals surface area (Å²) in [7, 11) is -2.04. The first-order chi connectivity index (χ1) is 10.6. The van der Waals surface area contributed by atoms with Crippen molar-refractivity contribution in [2.45, 2.75) is 0 Å². The maximum atomic E-state index is 12.2. The third kappa shape index (κ3) is 3.70. The van der Waals surface area contributed by atoms with E-state index in [0.717, 1.165) is 0 Å². The van der Waals surface area contributed by atoms with Crippen molar-refractivity contribution in [2.75, 3.05) is 19.4 Å². The summed E-state index contributed by atoms with van der Waals surface area (Å²) >= 11 is 5.97. The molecular weight excluding hydrogens is 340 g/mol. The van der Waals surface area contributed by atoms with Crippen molar-refractivity contribution in [3.63, 3.8) is 0 Å². The van der Waals surface area contributed by atoms with E-state index in [0.29, 0.717) is 16.3 Å². The maximum absolute atomic E-state index is 12.2. The lowest BCUT2D eigenvalue weighted by atomic mass is 10.2. The molecule has 8 heteroatoms. The Bertz CT molecular complexity index is 833. The second-order valence-corrected chi connectivity index (χ2v) is 7.43. The van der Waals surface area contributed by atoms with Gasteiger partial charge in [-0.1, -0.05) is 23.7 Å². The van der Waals surface area contributed by atoms with Crippen LogP contribution in [0.3, 0.4) is 0 Å². The molecule has 0 heterocycles. The number of quaternary nitrogens is 1. The van der Waals surface area contributed by atoms with Gasteiger partial charge in [-0.05, 0) is 24.3 Å². The number of carbonyl (C=O) groups is 1. The molecule has 0 atom stereocenters. The number of nitrogens with one attached hydrogen (secondary N) is 1. The van der Waals surface area contributed by atoms with Crippen LogP contribution in [0.4, 0.5) is 11.4 Å². The number of hydrogen-bond donors (Lipinski definition) is 1. The van der Waals surface area contributed by atoms with Gasteiger partial charge in [-0.2, -0.15) is 8.42 Å². The van der Waals surface area contributed by atoms with E-state index in [1.54, 1.807) is 24.3 Å². The minimum absolute atomic E-state index is 0.259. The summed E-state index contributed by atoms with van der Waals surface area (Å²) < 4.78 is 33.0. The lowest BCUT2D eigenvalue weighted by molar-refractivity contribution is 0.102. The lowest BCUT2D eigenvalue weighted by Gasteiger charge is -2.30. The molecule has 0 fully saturated rings. The minimum Gasteiger partial charge on any atom is -0.701 e. The molecule has 1 amide bonds. The molecule has 6 nitrogen and oxygen atoms in total. The molecule has 0 unspecified atom stereocenters. The van der Waals surface area contributed by atoms with Gasteiger partial charge < -0.3 is 9.87 Å². The second-order valence-electron chi connectivity index (χ2n) is 5.26. The highest BCUT2D eigenvalue weighted by Crippen LogP contribution is 2.24. The van der Waals surface area contributed by atoms with Gasteiger partial charge in [0.15, 0.2) is 0 Å². The standard InChI is InChI=1S/C15H15ClN2O4S/c1-18(2,23(20,21)22)12-9-7-11(8-10-12)15(19)17-14-6-4-3-5-13(14)16/h3-10H,1-2H3,(H-,17,19,20,21,22). The molecule has 0 aliphatic carbocycles. The zero-order valence-electron chi connectivity index (χ0n) is 12.5. The molecule has 2 aromatic rings. The zero-order valence-corrected chi connectivity index (χ0v) is 14.1. The quantitative estimate of drug-likeness (QED) is 0.675. The van der Waals surface area contributed by atoms with Crippen molar-refractivity contribution >= 4 is 39.2 Å². The third-order valence-corrected chi connectivity index (χ3v) is 5.09. The summed E-state index contributed by atoms with van der Waals surface area (Å²) in [5.41, 5.74) is 1.05. The van der Waals surface area contributed by atoms with Gasteiger partial charge in [0.1, 0.15) is 5.69 Å². The molecule has 23 heavy (non-hydrogen) atoms. The molecule has 0 bridgehead atoms. The van der Waals surface area contributed by atoms with Crippen LogP contribution >= 0.6 is 11.6 Å². The molecule has 2 rings (SSSR count). The van der Waals surface area contributed by atoms with Crippen LogP contribution in [0.5, 0.6) is 0 Å². The normalized spacial score (nSPS) is 12.0. The first kappa shape index (κ1) is 17.4. The molecule has 0 spiro atoms. The van der Waals surface area contributed by atoms with Gasteiger partial charge >= 0.3 is 0 Å². The fourth-order valence-corrected chi connectivity index (χ4v) is 2.42. The number of amides is 1. The van der Waals surface area contributed by atoms with Crippen molar-refractivity contribution in [3.05, 3.63) is 59.1 Å². The van der Waals surface area contributed by atoms with E-state index in [-0.39, 0.29) is 11.6 Å². The highest BCUT2D eigenvalue weighted by molar-refractivity contribution is 7.85. The largest absolute Gasteiger partial charge is 0.701 e. The van der Waals surface area contributed by atoms with Gasteiger partial charge in [0, 0.05) is 17.7 Å². The second kappa shape index (κ2) is 6.29. The Morgan fingerprint density at radius 1 is 1.09 bits per heavy atom. The zero-order chi connectivity index (χ0) is 17.3. The van der Waals surface area contributed by atoms with Gasteiger partial charge in [0.25, 0.3) is 16.2 Å². The molecule has 0 aliphatic rings. The molecule has 0 radical (unpaired) electrons. The van der Waals surface area contributed by atoms with E-state index in [1.807, 2.05) is 0 Å². The molecule has 0 aliphatic heterocycles. The van der Waals surface area contributed by atoms with Crippen LogP contribution in [-0.4, -0.2) is 33.0 Å². The van der Waals surface area contributed by atoms with Crippen LogP contribution < -0.4 is 9.21 Å². The lowest BCUT2D eigenvalue weighted by Crippen LogP contribution is -2.46. The monoisotopic (exact) mass is 354 g/mol. The van der Waals surface area contributed by atoms with E-state index in [9.17, 15) is 17.8 Å². The van der Waals surface area contributed by atoms with E-state index in [1.165, 1.54) is 38.4 Å². The predicted molar refractivity (Wildman–Crippen MR) is 89.2 cm³/mol. The molecule has 122 valence electrons. The number of hydrogen-bond acceptors (Lipinski definition) is 4. The fraction of sp³-hybridized carbons (Fsp3) is 0.133. The van der Waals surface area contributed by atoms with Crippen LogP contribution in [0.15, 0.2) is 48.5 Å². The van der Waals surface area contributed by atoms with Crippen molar-refractivity contribution in [2.24, 2.45) is 0 Å². The van der Waals surface area contributed by atoms with Crippen LogP contribution in [-0.2, 0) is 10.3 Å². The van der Waals surface area contributed by atoms with Gasteiger partial charge in [-0.15, -0.1) is 0 Å². The Labute approximate surface area is 139 Å². The summed E-state index contributed by atoms with van der Waals surface area (Å²) in [6, 6.07) is 12.6. The number of rotatable bonds is 4. The van der Waals surface area contributed by atoms with E-state index >= 15 is 0 Å². The SMILES string of the molecule is C[N+](C)(c1ccc(C(=O)Nc2ccccc2Cl)cc1)S(=O)(=O)[O-]. The summed E-state index contributed by atoms with van der Waals surface area (Å²) in [4.78, 5) is 12.2. The van der Waals surface area contributed by atoms with Crippen LogP contribution in [0, 0.1) is 0 Å². The molecular formula is C15H15ClN2O4S. The number of anilines is 1. The summed E-state index contributed by atoms with van der Waals surface area (Å²) in [6.45, 7) is 0. The van der Waals surface area contributed by atoms with Gasteiger partial charge in [-0.3, -0.25) is 4.79 Å². The molecule has 0 saturated heterocycles. The maximum Gasteiger partial charge on any atom is 0.258 e. The average Bonchev–Trinajstić information content (AvgIpc) is 2.48. The summed E-state index contributed by atoms with van der Waals surface area (Å²) in [6.07, 6.45) is 0. The molecule has 2 aromatic carbocycles. The van der Waals surface area contributed by atoms with Crippen LogP contribution in [0.25, 0.3) is 0 Å².